The summed E-state index contributed by atoms with van der Waals surface area (Å²) in [7, 11) is 0. The van der Waals surface area contributed by atoms with Crippen LogP contribution in [0.15, 0.2) is 0 Å². The van der Waals surface area contributed by atoms with Gasteiger partial charge in [-0.3, -0.25) is 0 Å². The van der Waals surface area contributed by atoms with Crippen molar-refractivity contribution in [2.75, 3.05) is 19.7 Å². The van der Waals surface area contributed by atoms with E-state index < -0.39 is 0 Å². The number of amides is 1. The zero-order chi connectivity index (χ0) is 10.7. The Balaban J connectivity index is 2.00. The highest BCUT2D eigenvalue weighted by Crippen LogP contribution is 2.25. The summed E-state index contributed by atoms with van der Waals surface area (Å²) in [5.74, 6) is 0. The summed E-state index contributed by atoms with van der Waals surface area (Å²) >= 11 is 0. The lowest BCUT2D eigenvalue weighted by Gasteiger charge is -2.43. The van der Waals surface area contributed by atoms with Gasteiger partial charge in [-0.1, -0.05) is 12.8 Å². The largest absolute Gasteiger partial charge is 0.450 e. The molecule has 1 saturated carbocycles. The summed E-state index contributed by atoms with van der Waals surface area (Å²) < 4.78 is 5.09. The number of carbonyl (C=O) groups is 1. The number of hydrogen-bond acceptors (Lipinski definition) is 3. The first-order chi connectivity index (χ1) is 7.33. The second-order valence-corrected chi connectivity index (χ2v) is 4.30. The number of rotatable bonds is 1. The molecule has 2 rings (SSSR count). The second kappa shape index (κ2) is 4.84. The van der Waals surface area contributed by atoms with Gasteiger partial charge >= 0.3 is 6.09 Å². The van der Waals surface area contributed by atoms with Crippen LogP contribution in [0.1, 0.15) is 32.6 Å². The topological polar surface area (TPSA) is 41.6 Å². The fourth-order valence-corrected chi connectivity index (χ4v) is 2.69. The maximum Gasteiger partial charge on any atom is 0.410 e. The van der Waals surface area contributed by atoms with Gasteiger partial charge < -0.3 is 15.0 Å². The number of ether oxygens (including phenoxy) is 1. The Hall–Kier alpha value is -0.770. The molecule has 1 saturated heterocycles. The molecule has 0 aromatic rings. The highest BCUT2D eigenvalue weighted by atomic mass is 16.6. The molecule has 2 atom stereocenters. The third kappa shape index (κ3) is 2.25. The van der Waals surface area contributed by atoms with Gasteiger partial charge in [0.05, 0.1) is 12.6 Å². The quantitative estimate of drug-likeness (QED) is 0.713. The van der Waals surface area contributed by atoms with Crippen LogP contribution in [-0.2, 0) is 4.74 Å². The summed E-state index contributed by atoms with van der Waals surface area (Å²) in [6, 6.07) is 0.864. The Morgan fingerprint density at radius 2 is 2.27 bits per heavy atom. The summed E-state index contributed by atoms with van der Waals surface area (Å²) in [6.07, 6.45) is 4.71. The average molecular weight is 212 g/mol. The van der Waals surface area contributed by atoms with Crippen LogP contribution in [0.3, 0.4) is 0 Å². The molecular formula is C11H20N2O2. The van der Waals surface area contributed by atoms with Crippen molar-refractivity contribution in [2.24, 2.45) is 0 Å². The number of hydrogen-bond donors (Lipinski definition) is 1. The molecule has 86 valence electrons. The molecule has 1 aliphatic carbocycles. The number of piperazine rings is 1. The standard InChI is InChI=1S/C11H20N2O2/c1-2-15-11(14)13-8-7-12-9-5-3-4-6-10(9)13/h9-10,12H,2-8H2,1H3. The van der Waals surface area contributed by atoms with Gasteiger partial charge in [0.2, 0.25) is 0 Å². The van der Waals surface area contributed by atoms with Gasteiger partial charge in [0.1, 0.15) is 0 Å². The van der Waals surface area contributed by atoms with Crippen LogP contribution in [0.4, 0.5) is 4.79 Å². The molecule has 1 amide bonds. The lowest BCUT2D eigenvalue weighted by atomic mass is 9.88. The first kappa shape index (κ1) is 10.7. The highest BCUT2D eigenvalue weighted by Gasteiger charge is 2.36. The zero-order valence-electron chi connectivity index (χ0n) is 9.37. The SMILES string of the molecule is CCOC(=O)N1CCNC2CCCCC21. The molecule has 0 aromatic heterocycles. The van der Waals surface area contributed by atoms with Crippen LogP contribution in [0.5, 0.6) is 0 Å². The zero-order valence-corrected chi connectivity index (χ0v) is 9.37. The second-order valence-electron chi connectivity index (χ2n) is 4.30. The van der Waals surface area contributed by atoms with Crippen molar-refractivity contribution in [3.63, 3.8) is 0 Å². The highest BCUT2D eigenvalue weighted by molar-refractivity contribution is 5.68. The summed E-state index contributed by atoms with van der Waals surface area (Å²) in [4.78, 5) is 13.6. The van der Waals surface area contributed by atoms with Crippen molar-refractivity contribution in [1.82, 2.24) is 10.2 Å². The van der Waals surface area contributed by atoms with Gasteiger partial charge in [-0.25, -0.2) is 4.79 Å². The maximum atomic E-state index is 11.7. The predicted molar refractivity (Wildman–Crippen MR) is 57.8 cm³/mol. The first-order valence-electron chi connectivity index (χ1n) is 5.99. The van der Waals surface area contributed by atoms with Crippen LogP contribution in [0, 0.1) is 0 Å². The Kier molecular flexibility index (Phi) is 3.46. The smallest absolute Gasteiger partial charge is 0.410 e. The number of carbonyl (C=O) groups excluding carboxylic acids is 1. The molecule has 0 spiro atoms. The van der Waals surface area contributed by atoms with Crippen LogP contribution in [0.25, 0.3) is 0 Å². The van der Waals surface area contributed by atoms with Crippen molar-refractivity contribution >= 4 is 6.09 Å². The summed E-state index contributed by atoms with van der Waals surface area (Å²) in [6.45, 7) is 4.03. The summed E-state index contributed by atoms with van der Waals surface area (Å²) in [5.41, 5.74) is 0. The van der Waals surface area contributed by atoms with E-state index >= 15 is 0 Å². The van der Waals surface area contributed by atoms with E-state index in [0.717, 1.165) is 19.5 Å². The van der Waals surface area contributed by atoms with Crippen molar-refractivity contribution < 1.29 is 9.53 Å². The molecule has 2 aliphatic rings. The lowest BCUT2D eigenvalue weighted by Crippen LogP contribution is -2.60. The lowest BCUT2D eigenvalue weighted by molar-refractivity contribution is 0.0545. The number of nitrogens with zero attached hydrogens (tertiary/aromatic N) is 1. The van der Waals surface area contributed by atoms with E-state index in [1.807, 2.05) is 11.8 Å². The molecule has 1 aliphatic heterocycles. The molecule has 1 N–H and O–H groups in total. The van der Waals surface area contributed by atoms with E-state index in [1.165, 1.54) is 19.3 Å². The molecule has 15 heavy (non-hydrogen) atoms. The monoisotopic (exact) mass is 212 g/mol. The molecule has 2 fully saturated rings. The molecular weight excluding hydrogens is 192 g/mol. The van der Waals surface area contributed by atoms with Crippen molar-refractivity contribution in [1.29, 1.82) is 0 Å². The van der Waals surface area contributed by atoms with Gasteiger partial charge in [-0.2, -0.15) is 0 Å². The normalized spacial score (nSPS) is 30.9. The Morgan fingerprint density at radius 1 is 1.47 bits per heavy atom. The van der Waals surface area contributed by atoms with Crippen LogP contribution < -0.4 is 5.32 Å². The molecule has 2 unspecified atom stereocenters. The first-order valence-corrected chi connectivity index (χ1v) is 5.99. The maximum absolute atomic E-state index is 11.7. The molecule has 1 heterocycles. The Morgan fingerprint density at radius 3 is 3.07 bits per heavy atom. The van der Waals surface area contributed by atoms with Gasteiger partial charge in [-0.15, -0.1) is 0 Å². The minimum absolute atomic E-state index is 0.129. The molecule has 0 bridgehead atoms. The minimum Gasteiger partial charge on any atom is -0.450 e. The van der Waals surface area contributed by atoms with E-state index in [2.05, 4.69) is 5.32 Å². The van der Waals surface area contributed by atoms with Crippen molar-refractivity contribution in [2.45, 2.75) is 44.7 Å². The van der Waals surface area contributed by atoms with Gasteiger partial charge in [0, 0.05) is 19.1 Å². The number of fused-ring (bicyclic) bond motifs is 1. The number of nitrogens with one attached hydrogen (secondary N) is 1. The van der Waals surface area contributed by atoms with Crippen molar-refractivity contribution in [3.05, 3.63) is 0 Å². The van der Waals surface area contributed by atoms with E-state index in [4.69, 9.17) is 4.74 Å². The molecule has 0 aromatic carbocycles. The van der Waals surface area contributed by atoms with Gasteiger partial charge in [0.25, 0.3) is 0 Å². The Bertz CT molecular complexity index is 231. The summed E-state index contributed by atoms with van der Waals surface area (Å²) in [5, 5.41) is 3.50. The predicted octanol–water partition coefficient (Wildman–Crippen LogP) is 1.36. The van der Waals surface area contributed by atoms with E-state index in [0.29, 0.717) is 18.7 Å². The molecule has 4 heteroatoms. The molecule has 0 radical (unpaired) electrons. The van der Waals surface area contributed by atoms with Crippen molar-refractivity contribution in [3.8, 4) is 0 Å². The third-order valence-electron chi connectivity index (χ3n) is 3.39. The fourth-order valence-electron chi connectivity index (χ4n) is 2.69. The van der Waals surface area contributed by atoms with E-state index in [1.54, 1.807) is 0 Å². The minimum atomic E-state index is -0.129. The average Bonchev–Trinajstić information content (AvgIpc) is 2.28. The fraction of sp³-hybridized carbons (Fsp3) is 0.909. The molecule has 4 nitrogen and oxygen atoms in total. The van der Waals surface area contributed by atoms with E-state index in [-0.39, 0.29) is 6.09 Å². The van der Waals surface area contributed by atoms with Gasteiger partial charge in [-0.05, 0) is 19.8 Å². The van der Waals surface area contributed by atoms with Crippen LogP contribution in [-0.4, -0.2) is 42.8 Å². The Labute approximate surface area is 91.0 Å². The van der Waals surface area contributed by atoms with Crippen LogP contribution in [0.2, 0.25) is 0 Å². The van der Waals surface area contributed by atoms with E-state index in [9.17, 15) is 4.79 Å². The van der Waals surface area contributed by atoms with Crippen LogP contribution >= 0.6 is 0 Å². The van der Waals surface area contributed by atoms with Gasteiger partial charge in [0.15, 0.2) is 0 Å². The third-order valence-corrected chi connectivity index (χ3v) is 3.39.